The Kier molecular flexibility index (Phi) is 5.57. The molecule has 1 nitrogen and oxygen atoms in total. The van der Waals surface area contributed by atoms with Crippen molar-refractivity contribution < 1.29 is 17.9 Å². The summed E-state index contributed by atoms with van der Waals surface area (Å²) in [6, 6.07) is 8.78. The van der Waals surface area contributed by atoms with Crippen molar-refractivity contribution >= 4 is 43.5 Å². The summed E-state index contributed by atoms with van der Waals surface area (Å²) in [5, 5.41) is 0.357. The van der Waals surface area contributed by atoms with Gasteiger partial charge in [-0.05, 0) is 45.8 Å². The zero-order chi connectivity index (χ0) is 15.6. The van der Waals surface area contributed by atoms with Crippen LogP contribution in [0.25, 0.3) is 0 Å². The Morgan fingerprint density at radius 3 is 2.52 bits per heavy atom. The summed E-state index contributed by atoms with van der Waals surface area (Å²) in [6.07, 6.45) is 0. The summed E-state index contributed by atoms with van der Waals surface area (Å²) in [6.45, 7) is -2.91. The van der Waals surface area contributed by atoms with E-state index in [0.717, 1.165) is 0 Å². The summed E-state index contributed by atoms with van der Waals surface area (Å²) < 4.78 is 43.2. The lowest BCUT2D eigenvalue weighted by Crippen LogP contribution is -2.03. The summed E-state index contributed by atoms with van der Waals surface area (Å²) in [7, 11) is 0. The molecule has 2 rings (SSSR count). The number of hydrogen-bond donors (Lipinski definition) is 0. The van der Waals surface area contributed by atoms with Crippen molar-refractivity contribution in [2.24, 2.45) is 0 Å². The molecule has 0 radical (unpaired) electrons. The molecule has 0 aliphatic heterocycles. The van der Waals surface area contributed by atoms with E-state index in [4.69, 9.17) is 11.6 Å². The second-order valence-corrected chi connectivity index (χ2v) is 6.28. The lowest BCUT2D eigenvalue weighted by atomic mass is 10.0. The van der Waals surface area contributed by atoms with Gasteiger partial charge in [0.15, 0.2) is 0 Å². The Bertz CT molecular complexity index is 652. The normalized spacial score (nSPS) is 12.5. The fourth-order valence-electron chi connectivity index (χ4n) is 1.76. The average molecular weight is 444 g/mol. The van der Waals surface area contributed by atoms with E-state index in [1.807, 2.05) is 0 Å². The van der Waals surface area contributed by atoms with Crippen molar-refractivity contribution in [3.05, 3.63) is 62.8 Å². The van der Waals surface area contributed by atoms with Crippen LogP contribution in [0.5, 0.6) is 5.75 Å². The maximum Gasteiger partial charge on any atom is 0.387 e. The zero-order valence-corrected chi connectivity index (χ0v) is 14.2. The van der Waals surface area contributed by atoms with E-state index in [0.29, 0.717) is 20.6 Å². The Morgan fingerprint density at radius 2 is 1.86 bits per heavy atom. The molecule has 0 saturated heterocycles. The number of halogens is 6. The van der Waals surface area contributed by atoms with Crippen molar-refractivity contribution in [3.63, 3.8) is 0 Å². The fourth-order valence-corrected chi connectivity index (χ4v) is 2.88. The first kappa shape index (κ1) is 16.6. The Labute approximate surface area is 141 Å². The van der Waals surface area contributed by atoms with E-state index in [1.165, 1.54) is 24.3 Å². The van der Waals surface area contributed by atoms with Crippen LogP contribution >= 0.6 is 43.5 Å². The molecule has 0 aliphatic rings. The molecule has 0 amide bonds. The molecule has 112 valence electrons. The third kappa shape index (κ3) is 4.14. The first-order valence-corrected chi connectivity index (χ1v) is 7.80. The van der Waals surface area contributed by atoms with Gasteiger partial charge < -0.3 is 4.74 Å². The van der Waals surface area contributed by atoms with E-state index in [9.17, 15) is 13.2 Å². The molecule has 1 unspecified atom stereocenters. The molecular weight excluding hydrogens is 436 g/mol. The molecule has 1 atom stereocenters. The smallest absolute Gasteiger partial charge is 0.387 e. The minimum atomic E-state index is -2.91. The van der Waals surface area contributed by atoms with Gasteiger partial charge in [-0.3, -0.25) is 0 Å². The summed E-state index contributed by atoms with van der Waals surface area (Å²) in [5.74, 6) is -0.455. The Morgan fingerprint density at radius 1 is 1.14 bits per heavy atom. The van der Waals surface area contributed by atoms with Gasteiger partial charge in [0.2, 0.25) is 0 Å². The number of rotatable bonds is 4. The number of alkyl halides is 3. The standard InChI is InChI=1S/C14H8Br2ClF3O/c15-10-6-12(18)9(5-11(10)17)13(16)7-2-1-3-8(4-7)21-14(19)20/h1-6,13-14H. The molecule has 7 heteroatoms. The summed E-state index contributed by atoms with van der Waals surface area (Å²) in [5.41, 5.74) is 0.878. The third-order valence-corrected chi connectivity index (χ3v) is 4.91. The van der Waals surface area contributed by atoms with Crippen LogP contribution in [0.1, 0.15) is 16.0 Å². The quantitative estimate of drug-likeness (QED) is 0.396. The minimum absolute atomic E-state index is 0.00978. The molecule has 0 heterocycles. The van der Waals surface area contributed by atoms with Crippen LogP contribution in [0.3, 0.4) is 0 Å². The molecule has 0 bridgehead atoms. The Balaban J connectivity index is 2.36. The molecule has 21 heavy (non-hydrogen) atoms. The van der Waals surface area contributed by atoms with Gasteiger partial charge in [0.05, 0.1) is 9.85 Å². The predicted molar refractivity (Wildman–Crippen MR) is 83.0 cm³/mol. The summed E-state index contributed by atoms with van der Waals surface area (Å²) in [4.78, 5) is -0.538. The number of benzene rings is 2. The molecule has 2 aromatic rings. The molecule has 2 aromatic carbocycles. The van der Waals surface area contributed by atoms with Crippen LogP contribution in [0.15, 0.2) is 40.9 Å². The van der Waals surface area contributed by atoms with Crippen LogP contribution in [0.2, 0.25) is 5.02 Å². The second-order valence-electron chi connectivity index (χ2n) is 4.10. The molecule has 0 N–H and O–H groups in total. The summed E-state index contributed by atoms with van der Waals surface area (Å²) >= 11 is 12.4. The highest BCUT2D eigenvalue weighted by Gasteiger charge is 2.18. The largest absolute Gasteiger partial charge is 0.435 e. The monoisotopic (exact) mass is 442 g/mol. The highest BCUT2D eigenvalue weighted by atomic mass is 79.9. The molecule has 0 aliphatic carbocycles. The van der Waals surface area contributed by atoms with Gasteiger partial charge in [0.25, 0.3) is 0 Å². The molecule has 0 fully saturated rings. The number of hydrogen-bond acceptors (Lipinski definition) is 1. The van der Waals surface area contributed by atoms with Crippen molar-refractivity contribution in [1.82, 2.24) is 0 Å². The van der Waals surface area contributed by atoms with Crippen LogP contribution in [0, 0.1) is 5.82 Å². The second kappa shape index (κ2) is 7.03. The van der Waals surface area contributed by atoms with Crippen molar-refractivity contribution in [2.75, 3.05) is 0 Å². The molecular formula is C14H8Br2ClF3O. The van der Waals surface area contributed by atoms with Gasteiger partial charge in [-0.2, -0.15) is 8.78 Å². The van der Waals surface area contributed by atoms with Gasteiger partial charge in [0, 0.05) is 10.0 Å². The Hall–Kier alpha value is -0.720. The van der Waals surface area contributed by atoms with Gasteiger partial charge in [-0.15, -0.1) is 0 Å². The zero-order valence-electron chi connectivity index (χ0n) is 10.3. The topological polar surface area (TPSA) is 9.23 Å². The van der Waals surface area contributed by atoms with E-state index < -0.39 is 17.3 Å². The lowest BCUT2D eigenvalue weighted by Gasteiger charge is -2.14. The van der Waals surface area contributed by atoms with Gasteiger partial charge in [-0.1, -0.05) is 39.7 Å². The minimum Gasteiger partial charge on any atom is -0.435 e. The molecule has 0 saturated carbocycles. The van der Waals surface area contributed by atoms with Crippen LogP contribution in [-0.4, -0.2) is 6.61 Å². The SMILES string of the molecule is Fc1cc(Br)c(Cl)cc1C(Br)c1cccc(OC(F)F)c1. The highest BCUT2D eigenvalue weighted by molar-refractivity contribution is 9.10. The van der Waals surface area contributed by atoms with Crippen LogP contribution in [0.4, 0.5) is 13.2 Å². The van der Waals surface area contributed by atoms with Crippen molar-refractivity contribution in [3.8, 4) is 5.75 Å². The van der Waals surface area contributed by atoms with Crippen molar-refractivity contribution in [2.45, 2.75) is 11.4 Å². The average Bonchev–Trinajstić information content (AvgIpc) is 2.41. The maximum absolute atomic E-state index is 14.0. The van der Waals surface area contributed by atoms with E-state index in [2.05, 4.69) is 36.6 Å². The van der Waals surface area contributed by atoms with Gasteiger partial charge >= 0.3 is 6.61 Å². The molecule has 0 aromatic heterocycles. The van der Waals surface area contributed by atoms with Crippen LogP contribution < -0.4 is 4.74 Å². The predicted octanol–water partition coefficient (Wildman–Crippen LogP) is 6.33. The van der Waals surface area contributed by atoms with Crippen molar-refractivity contribution in [1.29, 1.82) is 0 Å². The highest BCUT2D eigenvalue weighted by Crippen LogP contribution is 2.37. The molecule has 0 spiro atoms. The van der Waals surface area contributed by atoms with Crippen LogP contribution in [-0.2, 0) is 0 Å². The first-order chi connectivity index (χ1) is 9.88. The van der Waals surface area contributed by atoms with E-state index >= 15 is 0 Å². The first-order valence-electron chi connectivity index (χ1n) is 5.71. The lowest BCUT2D eigenvalue weighted by molar-refractivity contribution is -0.0498. The van der Waals surface area contributed by atoms with Gasteiger partial charge in [-0.25, -0.2) is 4.39 Å². The maximum atomic E-state index is 14.0. The van der Waals surface area contributed by atoms with E-state index in [1.54, 1.807) is 12.1 Å². The number of ether oxygens (including phenoxy) is 1. The van der Waals surface area contributed by atoms with Gasteiger partial charge in [0.1, 0.15) is 11.6 Å². The van der Waals surface area contributed by atoms with E-state index in [-0.39, 0.29) is 5.75 Å². The third-order valence-electron chi connectivity index (χ3n) is 2.69. The fraction of sp³-hybridized carbons (Fsp3) is 0.143.